The van der Waals surface area contributed by atoms with Crippen LogP contribution in [0.3, 0.4) is 0 Å². The van der Waals surface area contributed by atoms with Gasteiger partial charge in [-0.15, -0.1) is 0 Å². The number of aromatic nitrogens is 1. The number of nitrogens with zero attached hydrogens (tertiary/aromatic N) is 2. The first-order valence-electron chi connectivity index (χ1n) is 10.1. The molecular weight excluding hydrogens is 490 g/mol. The van der Waals surface area contributed by atoms with E-state index in [1.807, 2.05) is 0 Å². The first kappa shape index (κ1) is 25.6. The Morgan fingerprint density at radius 1 is 1.17 bits per heavy atom. The van der Waals surface area contributed by atoms with E-state index < -0.39 is 36.0 Å². The largest absolute Gasteiger partial charge is 0.462 e. The summed E-state index contributed by atoms with van der Waals surface area (Å²) in [5.74, 6) is -2.08. The number of rotatable bonds is 7. The number of Topliss-reactive ketones (excluding diaryl/α,β-unsaturated/α-hetero) is 1. The fraction of sp³-hybridized carbons (Fsp3) is 0.167. The number of carbonyl (C=O) groups is 2. The second-order valence-electron chi connectivity index (χ2n) is 7.08. The number of nitriles is 1. The van der Waals surface area contributed by atoms with Crippen molar-refractivity contribution in [2.45, 2.75) is 13.1 Å². The minimum absolute atomic E-state index is 0.00631. The van der Waals surface area contributed by atoms with Crippen molar-refractivity contribution in [3.8, 4) is 17.2 Å². The standard InChI is InChI=1S/C24H16ClF4N3O3/c1-2-35-23(34)15-4-3-5-19(26)22(15)32-12-20(33)13-6-7-18(25)16(8-13)17-11-31-21(24(27,28)29)9-14(17)10-30/h3-9,11,32H,2,12H2,1H3. The third kappa shape index (κ3) is 5.75. The van der Waals surface area contributed by atoms with Crippen molar-refractivity contribution in [2.75, 3.05) is 18.5 Å². The van der Waals surface area contributed by atoms with E-state index in [1.165, 1.54) is 30.3 Å². The number of para-hydroxylation sites is 1. The van der Waals surface area contributed by atoms with Gasteiger partial charge < -0.3 is 10.1 Å². The number of hydrogen-bond acceptors (Lipinski definition) is 6. The number of alkyl halides is 3. The van der Waals surface area contributed by atoms with Crippen LogP contribution in [-0.4, -0.2) is 29.9 Å². The number of pyridine rings is 1. The van der Waals surface area contributed by atoms with Gasteiger partial charge in [0.2, 0.25) is 0 Å². The van der Waals surface area contributed by atoms with Crippen molar-refractivity contribution in [3.63, 3.8) is 0 Å². The number of hydrogen-bond donors (Lipinski definition) is 1. The van der Waals surface area contributed by atoms with Crippen molar-refractivity contribution in [2.24, 2.45) is 0 Å². The van der Waals surface area contributed by atoms with E-state index in [0.29, 0.717) is 6.07 Å². The quantitative estimate of drug-likeness (QED) is 0.244. The molecule has 6 nitrogen and oxygen atoms in total. The molecule has 1 N–H and O–H groups in total. The van der Waals surface area contributed by atoms with Gasteiger partial charge in [-0.25, -0.2) is 9.18 Å². The summed E-state index contributed by atoms with van der Waals surface area (Å²) in [7, 11) is 0. The Labute approximate surface area is 202 Å². The molecule has 0 saturated heterocycles. The van der Waals surface area contributed by atoms with E-state index in [-0.39, 0.29) is 45.1 Å². The minimum atomic E-state index is -4.74. The number of benzene rings is 2. The van der Waals surface area contributed by atoms with Gasteiger partial charge in [0.05, 0.1) is 36.0 Å². The second-order valence-corrected chi connectivity index (χ2v) is 7.49. The van der Waals surface area contributed by atoms with Crippen LogP contribution in [0.15, 0.2) is 48.7 Å². The van der Waals surface area contributed by atoms with Crippen molar-refractivity contribution in [1.82, 2.24) is 4.98 Å². The average molecular weight is 506 g/mol. The maximum absolute atomic E-state index is 14.3. The van der Waals surface area contributed by atoms with E-state index in [2.05, 4.69) is 10.3 Å². The highest BCUT2D eigenvalue weighted by Gasteiger charge is 2.33. The molecule has 1 heterocycles. The van der Waals surface area contributed by atoms with E-state index in [0.717, 1.165) is 12.3 Å². The Kier molecular flexibility index (Phi) is 7.71. The molecule has 0 radical (unpaired) electrons. The average Bonchev–Trinajstić information content (AvgIpc) is 2.82. The summed E-state index contributed by atoms with van der Waals surface area (Å²) in [4.78, 5) is 28.2. The van der Waals surface area contributed by atoms with Crippen LogP contribution in [0.2, 0.25) is 5.02 Å². The van der Waals surface area contributed by atoms with E-state index >= 15 is 0 Å². The summed E-state index contributed by atoms with van der Waals surface area (Å²) in [6.07, 6.45) is -3.88. The van der Waals surface area contributed by atoms with Gasteiger partial charge in [0, 0.05) is 27.9 Å². The SMILES string of the molecule is CCOC(=O)c1cccc(F)c1NCC(=O)c1ccc(Cl)c(-c2cnc(C(F)(F)F)cc2C#N)c1. The van der Waals surface area contributed by atoms with Crippen molar-refractivity contribution in [1.29, 1.82) is 5.26 Å². The number of esters is 1. The van der Waals surface area contributed by atoms with Crippen LogP contribution in [0.4, 0.5) is 23.2 Å². The van der Waals surface area contributed by atoms with Crippen LogP contribution in [0.5, 0.6) is 0 Å². The van der Waals surface area contributed by atoms with E-state index in [1.54, 1.807) is 13.0 Å². The van der Waals surface area contributed by atoms with Crippen LogP contribution in [0.1, 0.15) is 38.9 Å². The predicted octanol–water partition coefficient (Wildman–Crippen LogP) is 5.90. The molecule has 1 aromatic heterocycles. The fourth-order valence-corrected chi connectivity index (χ4v) is 3.40. The van der Waals surface area contributed by atoms with Crippen LogP contribution < -0.4 is 5.32 Å². The molecule has 35 heavy (non-hydrogen) atoms. The molecule has 180 valence electrons. The maximum Gasteiger partial charge on any atom is 0.433 e. The topological polar surface area (TPSA) is 92.1 Å². The van der Waals surface area contributed by atoms with Gasteiger partial charge in [-0.3, -0.25) is 9.78 Å². The number of anilines is 1. The molecule has 0 fully saturated rings. The third-order valence-electron chi connectivity index (χ3n) is 4.83. The zero-order chi connectivity index (χ0) is 25.8. The lowest BCUT2D eigenvalue weighted by Crippen LogP contribution is -2.18. The normalized spacial score (nSPS) is 11.0. The zero-order valence-electron chi connectivity index (χ0n) is 18.0. The monoisotopic (exact) mass is 505 g/mol. The Balaban J connectivity index is 1.90. The van der Waals surface area contributed by atoms with Crippen molar-refractivity contribution < 1.29 is 31.9 Å². The van der Waals surface area contributed by atoms with Gasteiger partial charge >= 0.3 is 12.1 Å². The molecule has 3 rings (SSSR count). The molecular formula is C24H16ClF4N3O3. The van der Waals surface area contributed by atoms with Crippen molar-refractivity contribution in [3.05, 3.63) is 81.9 Å². The molecule has 0 unspecified atom stereocenters. The molecule has 0 amide bonds. The van der Waals surface area contributed by atoms with Crippen LogP contribution in [0.25, 0.3) is 11.1 Å². The molecule has 2 aromatic carbocycles. The molecule has 0 spiro atoms. The summed E-state index contributed by atoms with van der Waals surface area (Å²) < 4.78 is 58.1. The first-order chi connectivity index (χ1) is 16.6. The van der Waals surface area contributed by atoms with Crippen molar-refractivity contribution >= 4 is 29.0 Å². The zero-order valence-corrected chi connectivity index (χ0v) is 18.8. The Morgan fingerprint density at radius 2 is 1.91 bits per heavy atom. The molecule has 0 saturated carbocycles. The van der Waals surface area contributed by atoms with E-state index in [4.69, 9.17) is 16.3 Å². The Bertz CT molecular complexity index is 1340. The minimum Gasteiger partial charge on any atom is -0.462 e. The molecule has 0 aliphatic heterocycles. The highest BCUT2D eigenvalue weighted by Crippen LogP contribution is 2.34. The maximum atomic E-state index is 14.3. The van der Waals surface area contributed by atoms with Crippen LogP contribution in [-0.2, 0) is 10.9 Å². The molecule has 11 heteroatoms. The Morgan fingerprint density at radius 3 is 2.57 bits per heavy atom. The lowest BCUT2D eigenvalue weighted by Gasteiger charge is -2.13. The smallest absolute Gasteiger partial charge is 0.433 e. The number of halogens is 5. The number of nitrogens with one attached hydrogen (secondary N) is 1. The summed E-state index contributed by atoms with van der Waals surface area (Å²) in [6.45, 7) is 1.24. The van der Waals surface area contributed by atoms with Gasteiger partial charge in [-0.05, 0) is 43.3 Å². The van der Waals surface area contributed by atoms with Gasteiger partial charge in [-0.1, -0.05) is 17.7 Å². The van der Waals surface area contributed by atoms with Gasteiger partial charge in [-0.2, -0.15) is 18.4 Å². The third-order valence-corrected chi connectivity index (χ3v) is 5.16. The molecule has 3 aromatic rings. The Hall–Kier alpha value is -3.97. The number of ether oxygens (including phenoxy) is 1. The summed E-state index contributed by atoms with van der Waals surface area (Å²) in [5.41, 5.74) is -1.68. The number of ketones is 1. The van der Waals surface area contributed by atoms with Gasteiger partial charge in [0.25, 0.3) is 0 Å². The molecule has 0 atom stereocenters. The van der Waals surface area contributed by atoms with Crippen LogP contribution >= 0.6 is 11.6 Å². The lowest BCUT2D eigenvalue weighted by molar-refractivity contribution is -0.141. The van der Waals surface area contributed by atoms with Gasteiger partial charge in [0.1, 0.15) is 11.5 Å². The van der Waals surface area contributed by atoms with Gasteiger partial charge in [0.15, 0.2) is 5.78 Å². The molecule has 0 bridgehead atoms. The fourth-order valence-electron chi connectivity index (χ4n) is 3.18. The first-order valence-corrected chi connectivity index (χ1v) is 10.4. The summed E-state index contributed by atoms with van der Waals surface area (Å²) in [6, 6.07) is 10.1. The number of carbonyl (C=O) groups excluding carboxylic acids is 2. The van der Waals surface area contributed by atoms with Crippen LogP contribution in [0, 0.1) is 17.1 Å². The second kappa shape index (κ2) is 10.5. The highest BCUT2D eigenvalue weighted by atomic mass is 35.5. The molecule has 0 aliphatic rings. The summed E-state index contributed by atoms with van der Waals surface area (Å²) >= 11 is 6.19. The summed E-state index contributed by atoms with van der Waals surface area (Å²) in [5, 5.41) is 12.0. The highest BCUT2D eigenvalue weighted by molar-refractivity contribution is 6.33. The molecule has 0 aliphatic carbocycles. The predicted molar refractivity (Wildman–Crippen MR) is 120 cm³/mol. The van der Waals surface area contributed by atoms with E-state index in [9.17, 15) is 32.4 Å². The lowest BCUT2D eigenvalue weighted by atomic mass is 9.98.